The topological polar surface area (TPSA) is 99.3 Å². The Balaban J connectivity index is 2.52. The number of amides is 1. The molecule has 1 atom stereocenters. The zero-order valence-corrected chi connectivity index (χ0v) is 10.1. The predicted molar refractivity (Wildman–Crippen MR) is 65.4 cm³/mol. The summed E-state index contributed by atoms with van der Waals surface area (Å²) in [6, 6.07) is 2.69. The number of aromatic nitrogens is 1. The highest BCUT2D eigenvalue weighted by Gasteiger charge is 2.13. The summed E-state index contributed by atoms with van der Waals surface area (Å²) in [5.41, 5.74) is 0.0728. The van der Waals surface area contributed by atoms with Crippen LogP contribution >= 0.6 is 0 Å². The van der Waals surface area contributed by atoms with Crippen LogP contribution in [0, 0.1) is 5.92 Å². The molecule has 0 aromatic carbocycles. The summed E-state index contributed by atoms with van der Waals surface area (Å²) in [4.78, 5) is 35.5. The second kappa shape index (κ2) is 6.58. The average molecular weight is 252 g/mol. The van der Waals surface area contributed by atoms with E-state index in [2.05, 4.69) is 10.3 Å². The van der Waals surface area contributed by atoms with Gasteiger partial charge in [0.1, 0.15) is 0 Å². The number of hydrogen-bond acceptors (Lipinski definition) is 3. The third kappa shape index (κ3) is 4.40. The summed E-state index contributed by atoms with van der Waals surface area (Å²) in [5.74, 6) is -1.29. The van der Waals surface area contributed by atoms with Crippen LogP contribution in [0.4, 0.5) is 0 Å². The fraction of sp³-hybridized carbons (Fsp3) is 0.417. The van der Waals surface area contributed by atoms with E-state index in [1.54, 1.807) is 0 Å². The number of carboxylic acid groups (broad SMARTS) is 1. The van der Waals surface area contributed by atoms with E-state index in [-0.39, 0.29) is 23.8 Å². The maximum Gasteiger partial charge on any atom is 0.303 e. The molecule has 1 heterocycles. The van der Waals surface area contributed by atoms with E-state index in [0.29, 0.717) is 18.5 Å². The molecule has 0 radical (unpaired) electrons. The number of rotatable bonds is 6. The van der Waals surface area contributed by atoms with Crippen LogP contribution in [0.5, 0.6) is 0 Å². The fourth-order valence-corrected chi connectivity index (χ4v) is 1.50. The number of hydrogen-bond donors (Lipinski definition) is 3. The first kappa shape index (κ1) is 14.0. The van der Waals surface area contributed by atoms with Crippen LogP contribution < -0.4 is 10.9 Å². The van der Waals surface area contributed by atoms with Crippen LogP contribution in [0.3, 0.4) is 0 Å². The number of pyridine rings is 1. The van der Waals surface area contributed by atoms with Crippen molar-refractivity contribution in [1.82, 2.24) is 10.3 Å². The standard InChI is InChI=1S/C12H16N2O4/c1-2-8(5-11(16)17)6-14-12(18)9-3-4-10(15)13-7-9/h3-4,7-8H,2,5-6H2,1H3,(H,13,15)(H,14,18)(H,16,17). The Morgan fingerprint density at radius 1 is 1.44 bits per heavy atom. The van der Waals surface area contributed by atoms with E-state index in [0.717, 1.165) is 0 Å². The number of nitrogens with one attached hydrogen (secondary N) is 2. The van der Waals surface area contributed by atoms with Crippen molar-refractivity contribution in [3.63, 3.8) is 0 Å². The van der Waals surface area contributed by atoms with Crippen LogP contribution in [0.25, 0.3) is 0 Å². The van der Waals surface area contributed by atoms with Crippen molar-refractivity contribution in [1.29, 1.82) is 0 Å². The average Bonchev–Trinajstić information content (AvgIpc) is 2.34. The first-order valence-corrected chi connectivity index (χ1v) is 5.71. The lowest BCUT2D eigenvalue weighted by Gasteiger charge is -2.13. The molecule has 0 spiro atoms. The van der Waals surface area contributed by atoms with Crippen LogP contribution in [-0.2, 0) is 4.79 Å². The minimum atomic E-state index is -0.875. The normalized spacial score (nSPS) is 11.8. The van der Waals surface area contributed by atoms with E-state index < -0.39 is 5.97 Å². The number of H-pyrrole nitrogens is 1. The second-order valence-electron chi connectivity index (χ2n) is 4.02. The largest absolute Gasteiger partial charge is 0.481 e. The molecule has 0 aliphatic rings. The number of aliphatic carboxylic acids is 1. The molecule has 0 aliphatic heterocycles. The number of aromatic amines is 1. The van der Waals surface area contributed by atoms with E-state index >= 15 is 0 Å². The van der Waals surface area contributed by atoms with Crippen molar-refractivity contribution in [2.45, 2.75) is 19.8 Å². The first-order chi connectivity index (χ1) is 8.52. The van der Waals surface area contributed by atoms with Crippen molar-refractivity contribution in [2.24, 2.45) is 5.92 Å². The molecule has 0 saturated heterocycles. The summed E-state index contributed by atoms with van der Waals surface area (Å²) in [7, 11) is 0. The SMILES string of the molecule is CCC(CNC(=O)c1ccc(=O)[nH]c1)CC(=O)O. The van der Waals surface area contributed by atoms with Gasteiger partial charge in [0.2, 0.25) is 5.56 Å². The van der Waals surface area contributed by atoms with E-state index in [9.17, 15) is 14.4 Å². The molecule has 0 fully saturated rings. The molecule has 1 aromatic heterocycles. The quantitative estimate of drug-likeness (QED) is 0.690. The Kier molecular flexibility index (Phi) is 5.10. The molecule has 0 saturated carbocycles. The molecule has 6 nitrogen and oxygen atoms in total. The van der Waals surface area contributed by atoms with Gasteiger partial charge in [-0.25, -0.2) is 0 Å². The zero-order chi connectivity index (χ0) is 13.5. The van der Waals surface area contributed by atoms with Gasteiger partial charge in [0.15, 0.2) is 0 Å². The van der Waals surface area contributed by atoms with Crippen LogP contribution in [0.1, 0.15) is 30.1 Å². The second-order valence-corrected chi connectivity index (χ2v) is 4.02. The Hall–Kier alpha value is -2.11. The Morgan fingerprint density at radius 2 is 2.17 bits per heavy atom. The Bertz CT molecular complexity index is 461. The van der Waals surface area contributed by atoms with Crippen molar-refractivity contribution < 1.29 is 14.7 Å². The molecule has 18 heavy (non-hydrogen) atoms. The molecule has 1 aromatic rings. The molecule has 3 N–H and O–H groups in total. The van der Waals surface area contributed by atoms with Gasteiger partial charge in [0, 0.05) is 25.2 Å². The van der Waals surface area contributed by atoms with Gasteiger partial charge in [-0.15, -0.1) is 0 Å². The number of carbonyl (C=O) groups is 2. The molecule has 6 heteroatoms. The van der Waals surface area contributed by atoms with E-state index in [1.165, 1.54) is 18.3 Å². The maximum absolute atomic E-state index is 11.7. The number of carboxylic acids is 1. The highest BCUT2D eigenvalue weighted by molar-refractivity contribution is 5.93. The molecule has 0 bridgehead atoms. The van der Waals surface area contributed by atoms with E-state index in [1.807, 2.05) is 6.92 Å². The van der Waals surface area contributed by atoms with Crippen molar-refractivity contribution in [2.75, 3.05) is 6.54 Å². The molecule has 1 unspecified atom stereocenters. The third-order valence-electron chi connectivity index (χ3n) is 2.64. The zero-order valence-electron chi connectivity index (χ0n) is 10.1. The van der Waals surface area contributed by atoms with Crippen molar-refractivity contribution in [3.05, 3.63) is 34.2 Å². The van der Waals surface area contributed by atoms with Gasteiger partial charge in [-0.2, -0.15) is 0 Å². The van der Waals surface area contributed by atoms with Crippen LogP contribution in [0.2, 0.25) is 0 Å². The van der Waals surface area contributed by atoms with Gasteiger partial charge >= 0.3 is 5.97 Å². The van der Waals surface area contributed by atoms with Gasteiger partial charge in [-0.05, 0) is 12.0 Å². The molecular formula is C12H16N2O4. The summed E-state index contributed by atoms with van der Waals surface area (Å²) < 4.78 is 0. The lowest BCUT2D eigenvalue weighted by Crippen LogP contribution is -2.30. The highest BCUT2D eigenvalue weighted by Crippen LogP contribution is 2.06. The lowest BCUT2D eigenvalue weighted by molar-refractivity contribution is -0.138. The van der Waals surface area contributed by atoms with Crippen molar-refractivity contribution >= 4 is 11.9 Å². The Labute approximate surface area is 104 Å². The molecule has 1 amide bonds. The lowest BCUT2D eigenvalue weighted by atomic mass is 10.0. The summed E-state index contributed by atoms with van der Waals surface area (Å²) >= 11 is 0. The molecule has 0 aliphatic carbocycles. The van der Waals surface area contributed by atoms with Gasteiger partial charge < -0.3 is 15.4 Å². The van der Waals surface area contributed by atoms with Gasteiger partial charge in [-0.3, -0.25) is 14.4 Å². The minimum absolute atomic E-state index is 0.0302. The predicted octanol–water partition coefficient (Wildman–Crippen LogP) is 0.606. The smallest absolute Gasteiger partial charge is 0.303 e. The first-order valence-electron chi connectivity index (χ1n) is 5.71. The molecule has 98 valence electrons. The maximum atomic E-state index is 11.7. The summed E-state index contributed by atoms with van der Waals surface area (Å²) in [5, 5.41) is 11.3. The number of carbonyl (C=O) groups excluding carboxylic acids is 1. The molecular weight excluding hydrogens is 236 g/mol. The van der Waals surface area contributed by atoms with Crippen LogP contribution in [0.15, 0.2) is 23.1 Å². The van der Waals surface area contributed by atoms with Gasteiger partial charge in [0.05, 0.1) is 5.56 Å². The monoisotopic (exact) mass is 252 g/mol. The van der Waals surface area contributed by atoms with Gasteiger partial charge in [0.25, 0.3) is 5.91 Å². The summed E-state index contributed by atoms with van der Waals surface area (Å²) in [6.45, 7) is 2.18. The summed E-state index contributed by atoms with van der Waals surface area (Å²) in [6.07, 6.45) is 2.04. The van der Waals surface area contributed by atoms with Crippen LogP contribution in [-0.4, -0.2) is 28.5 Å². The highest BCUT2D eigenvalue weighted by atomic mass is 16.4. The Morgan fingerprint density at radius 3 is 2.67 bits per heavy atom. The third-order valence-corrected chi connectivity index (χ3v) is 2.64. The van der Waals surface area contributed by atoms with E-state index in [4.69, 9.17) is 5.11 Å². The minimum Gasteiger partial charge on any atom is -0.481 e. The molecule has 1 rings (SSSR count). The van der Waals surface area contributed by atoms with Gasteiger partial charge in [-0.1, -0.05) is 13.3 Å². The fourth-order valence-electron chi connectivity index (χ4n) is 1.50. The van der Waals surface area contributed by atoms with Crippen molar-refractivity contribution in [3.8, 4) is 0 Å².